The first kappa shape index (κ1) is 15.9. The lowest BCUT2D eigenvalue weighted by atomic mass is 9.98. The van der Waals surface area contributed by atoms with Crippen LogP contribution < -0.4 is 5.32 Å². The molecule has 0 unspecified atom stereocenters. The third-order valence-electron chi connectivity index (χ3n) is 3.77. The van der Waals surface area contributed by atoms with Crippen LogP contribution in [0, 0.1) is 0 Å². The van der Waals surface area contributed by atoms with E-state index < -0.39 is 0 Å². The lowest BCUT2D eigenvalue weighted by molar-refractivity contribution is 0.0273. The molecule has 21 heavy (non-hydrogen) atoms. The molecule has 1 aromatic heterocycles. The summed E-state index contributed by atoms with van der Waals surface area (Å²) in [5, 5.41) is 9.54. The fourth-order valence-electron chi connectivity index (χ4n) is 2.47. The molecular weight excluding hydrogens is 268 g/mol. The summed E-state index contributed by atoms with van der Waals surface area (Å²) in [6.07, 6.45) is 7.52. The monoisotopic (exact) mass is 294 g/mol. The van der Waals surface area contributed by atoms with Gasteiger partial charge in [-0.15, -0.1) is 5.10 Å². The summed E-state index contributed by atoms with van der Waals surface area (Å²) < 4.78 is 5.82. The van der Waals surface area contributed by atoms with E-state index in [1.54, 1.807) is 0 Å². The number of aromatic nitrogens is 3. The van der Waals surface area contributed by atoms with Crippen molar-refractivity contribution in [2.45, 2.75) is 64.4 Å². The van der Waals surface area contributed by atoms with E-state index in [0.29, 0.717) is 19.3 Å². The molecule has 0 saturated heterocycles. The molecule has 1 aliphatic rings. The van der Waals surface area contributed by atoms with Crippen molar-refractivity contribution in [1.82, 2.24) is 20.5 Å². The maximum absolute atomic E-state index is 11.8. The normalized spacial score (nSPS) is 16.3. The second-order valence-corrected chi connectivity index (χ2v) is 5.94. The zero-order chi connectivity index (χ0) is 15.1. The molecule has 0 aromatic carbocycles. The third-order valence-corrected chi connectivity index (χ3v) is 3.77. The van der Waals surface area contributed by atoms with Crippen molar-refractivity contribution < 1.29 is 9.53 Å². The zero-order valence-electron chi connectivity index (χ0n) is 13.0. The number of nitrogens with one attached hydrogen (secondary N) is 2. The molecule has 0 atom stereocenters. The molecule has 2 rings (SSSR count). The van der Waals surface area contributed by atoms with Gasteiger partial charge in [0.2, 0.25) is 5.82 Å². The minimum absolute atomic E-state index is 0.215. The third kappa shape index (κ3) is 5.12. The quantitative estimate of drug-likeness (QED) is 0.757. The number of ether oxygens (including phenoxy) is 1. The van der Waals surface area contributed by atoms with Crippen molar-refractivity contribution in [3.05, 3.63) is 11.6 Å². The van der Waals surface area contributed by atoms with E-state index in [9.17, 15) is 4.79 Å². The Balaban J connectivity index is 1.60. The van der Waals surface area contributed by atoms with E-state index in [2.05, 4.69) is 20.5 Å². The first-order valence-corrected chi connectivity index (χ1v) is 7.99. The van der Waals surface area contributed by atoms with Gasteiger partial charge in [0.15, 0.2) is 0 Å². The first-order chi connectivity index (χ1) is 10.2. The Labute approximate surface area is 126 Å². The molecule has 2 N–H and O–H groups in total. The highest BCUT2D eigenvalue weighted by Crippen LogP contribution is 2.20. The lowest BCUT2D eigenvalue weighted by Gasteiger charge is -2.21. The van der Waals surface area contributed by atoms with Gasteiger partial charge in [0.25, 0.3) is 5.91 Å². The van der Waals surface area contributed by atoms with E-state index >= 15 is 0 Å². The number of carbonyl (C=O) groups is 1. The van der Waals surface area contributed by atoms with Gasteiger partial charge in [-0.2, -0.15) is 0 Å². The van der Waals surface area contributed by atoms with Gasteiger partial charge in [0.1, 0.15) is 5.82 Å². The molecular formula is C15H26N4O2. The summed E-state index contributed by atoms with van der Waals surface area (Å²) in [4.78, 5) is 16.0. The Kier molecular flexibility index (Phi) is 6.17. The first-order valence-electron chi connectivity index (χ1n) is 7.99. The molecule has 1 fully saturated rings. The predicted molar refractivity (Wildman–Crippen MR) is 80.2 cm³/mol. The second-order valence-electron chi connectivity index (χ2n) is 5.94. The summed E-state index contributed by atoms with van der Waals surface area (Å²) >= 11 is 0. The maximum atomic E-state index is 11.8. The second kappa shape index (κ2) is 8.12. The fraction of sp³-hybridized carbons (Fsp3) is 0.800. The van der Waals surface area contributed by atoms with Crippen LogP contribution in [0.25, 0.3) is 0 Å². The summed E-state index contributed by atoms with van der Waals surface area (Å²) in [6, 6.07) is 0. The summed E-state index contributed by atoms with van der Waals surface area (Å²) in [5.41, 5.74) is 0. The van der Waals surface area contributed by atoms with Crippen molar-refractivity contribution in [1.29, 1.82) is 0 Å². The topological polar surface area (TPSA) is 79.9 Å². The van der Waals surface area contributed by atoms with Gasteiger partial charge >= 0.3 is 0 Å². The van der Waals surface area contributed by atoms with Crippen LogP contribution in [0.5, 0.6) is 0 Å². The van der Waals surface area contributed by atoms with E-state index in [4.69, 9.17) is 4.74 Å². The van der Waals surface area contributed by atoms with Crippen LogP contribution in [-0.4, -0.2) is 40.3 Å². The molecule has 1 amide bonds. The molecule has 0 bridgehead atoms. The number of aromatic amines is 1. The van der Waals surface area contributed by atoms with Crippen LogP contribution in [0.4, 0.5) is 0 Å². The summed E-state index contributed by atoms with van der Waals surface area (Å²) in [5.74, 6) is 0.964. The molecule has 1 aliphatic carbocycles. The Morgan fingerprint density at radius 1 is 1.38 bits per heavy atom. The Bertz CT molecular complexity index is 439. The van der Waals surface area contributed by atoms with E-state index in [1.807, 2.05) is 13.8 Å². The molecule has 0 radical (unpaired) electrons. The highest BCUT2D eigenvalue weighted by molar-refractivity contribution is 5.90. The molecule has 6 heteroatoms. The molecule has 1 heterocycles. The van der Waals surface area contributed by atoms with Crippen molar-refractivity contribution in [2.24, 2.45) is 0 Å². The van der Waals surface area contributed by atoms with Crippen LogP contribution in [0.2, 0.25) is 0 Å². The highest BCUT2D eigenvalue weighted by atomic mass is 16.5. The number of carbonyl (C=O) groups excluding carboxylic acids is 1. The van der Waals surface area contributed by atoms with E-state index in [-0.39, 0.29) is 17.6 Å². The highest BCUT2D eigenvalue weighted by Gasteiger charge is 2.14. The van der Waals surface area contributed by atoms with Gasteiger partial charge in [-0.05, 0) is 19.3 Å². The molecule has 1 saturated carbocycles. The number of rotatable bonds is 7. The molecule has 1 aromatic rings. The average molecular weight is 294 g/mol. The van der Waals surface area contributed by atoms with E-state index in [1.165, 1.54) is 32.1 Å². The van der Waals surface area contributed by atoms with Crippen LogP contribution in [0.3, 0.4) is 0 Å². The van der Waals surface area contributed by atoms with Crippen molar-refractivity contribution in [2.75, 3.05) is 13.2 Å². The number of H-pyrrole nitrogens is 1. The molecule has 118 valence electrons. The molecule has 6 nitrogen and oxygen atoms in total. The minimum Gasteiger partial charge on any atom is -0.378 e. The number of hydrogen-bond acceptors (Lipinski definition) is 4. The summed E-state index contributed by atoms with van der Waals surface area (Å²) in [6.45, 7) is 5.31. The van der Waals surface area contributed by atoms with Crippen LogP contribution >= 0.6 is 0 Å². The average Bonchev–Trinajstić information content (AvgIpc) is 2.98. The lowest BCUT2D eigenvalue weighted by Crippen LogP contribution is -2.27. The van der Waals surface area contributed by atoms with Crippen LogP contribution in [0.1, 0.15) is 74.7 Å². The van der Waals surface area contributed by atoms with Crippen molar-refractivity contribution in [3.63, 3.8) is 0 Å². The fourth-order valence-corrected chi connectivity index (χ4v) is 2.47. The minimum atomic E-state index is -0.226. The Morgan fingerprint density at radius 2 is 2.14 bits per heavy atom. The smallest absolute Gasteiger partial charge is 0.290 e. The Hall–Kier alpha value is -1.43. The van der Waals surface area contributed by atoms with Gasteiger partial charge in [-0.25, -0.2) is 4.98 Å². The number of nitrogens with zero attached hydrogens (tertiary/aromatic N) is 2. The predicted octanol–water partition coefficient (Wildman–Crippen LogP) is 2.40. The van der Waals surface area contributed by atoms with Crippen LogP contribution in [0.15, 0.2) is 0 Å². The van der Waals surface area contributed by atoms with E-state index in [0.717, 1.165) is 12.2 Å². The van der Waals surface area contributed by atoms with Gasteiger partial charge in [-0.3, -0.25) is 9.89 Å². The molecule has 0 aliphatic heterocycles. The number of hydrogen-bond donors (Lipinski definition) is 2. The maximum Gasteiger partial charge on any atom is 0.290 e. The van der Waals surface area contributed by atoms with Gasteiger partial charge in [0, 0.05) is 19.1 Å². The largest absolute Gasteiger partial charge is 0.378 e. The van der Waals surface area contributed by atoms with Crippen molar-refractivity contribution in [3.8, 4) is 0 Å². The zero-order valence-corrected chi connectivity index (χ0v) is 13.0. The Morgan fingerprint density at radius 3 is 2.81 bits per heavy atom. The number of amides is 1. The van der Waals surface area contributed by atoms with Gasteiger partial charge < -0.3 is 10.1 Å². The van der Waals surface area contributed by atoms with Gasteiger partial charge in [0.05, 0.1) is 6.10 Å². The van der Waals surface area contributed by atoms with Gasteiger partial charge in [-0.1, -0.05) is 33.1 Å². The van der Waals surface area contributed by atoms with Crippen LogP contribution in [-0.2, 0) is 4.74 Å². The summed E-state index contributed by atoms with van der Waals surface area (Å²) in [7, 11) is 0. The van der Waals surface area contributed by atoms with Crippen molar-refractivity contribution >= 4 is 5.91 Å². The standard InChI is InChI=1S/C15H26N4O2/c1-11(2)13-17-14(19-18-13)15(20)16-9-6-10-21-12-7-4-3-5-8-12/h11-12H,3-10H2,1-2H3,(H,16,20)(H,17,18,19). The SMILES string of the molecule is CC(C)c1nc(C(=O)NCCCOC2CCCCC2)n[nH]1. The molecule has 0 spiro atoms.